The third-order valence-electron chi connectivity index (χ3n) is 5.68. The van der Waals surface area contributed by atoms with Gasteiger partial charge in [-0.25, -0.2) is 13.6 Å². The molecule has 4 atom stereocenters. The standard InChI is InChI=1S/C18H19F17O4S/c1-6-9(3,11(19,8(36)37-5)40-18(33,34)35)38-16(29,30)12(20,14(23,24)25)10(4,7-2)39-17(31,32)13(21,22)15(26,27)28/h6-7H2,1-5H3. The number of halogens is 17. The fourth-order valence-electron chi connectivity index (χ4n) is 3.05. The molecule has 0 aromatic rings. The Labute approximate surface area is 217 Å². The molecule has 0 aliphatic rings. The molecule has 0 N–H and O–H groups in total. The zero-order valence-corrected chi connectivity index (χ0v) is 21.2. The Morgan fingerprint density at radius 1 is 0.625 bits per heavy atom. The van der Waals surface area contributed by atoms with E-state index in [0.29, 0.717) is 6.92 Å². The molecule has 22 heteroatoms. The van der Waals surface area contributed by atoms with Gasteiger partial charge in [-0.05, 0) is 26.7 Å². The third-order valence-corrected chi connectivity index (χ3v) is 6.79. The van der Waals surface area contributed by atoms with Crippen LogP contribution in [0, 0.1) is 0 Å². The predicted molar refractivity (Wildman–Crippen MR) is 99.9 cm³/mol. The highest BCUT2D eigenvalue weighted by Gasteiger charge is 2.85. The number of carbonyl (C=O) groups is 1. The van der Waals surface area contributed by atoms with Gasteiger partial charge in [-0.15, -0.1) is 0 Å². The van der Waals surface area contributed by atoms with E-state index in [1.807, 2.05) is 0 Å². The van der Waals surface area contributed by atoms with Gasteiger partial charge in [0.05, 0.1) is 7.11 Å². The van der Waals surface area contributed by atoms with Gasteiger partial charge >= 0.3 is 47.6 Å². The van der Waals surface area contributed by atoms with E-state index in [2.05, 4.69) is 14.2 Å². The summed E-state index contributed by atoms with van der Waals surface area (Å²) in [6, 6.07) is 0. The molecule has 0 bridgehead atoms. The minimum absolute atomic E-state index is 0.0738. The van der Waals surface area contributed by atoms with Crippen LogP contribution in [0.2, 0.25) is 0 Å². The van der Waals surface area contributed by atoms with Gasteiger partial charge in [-0.3, -0.25) is 0 Å². The molecule has 0 spiro atoms. The Balaban J connectivity index is 7.36. The fraction of sp³-hybridized carbons (Fsp3) is 0.944. The number of thioether (sulfide) groups is 1. The molecule has 0 saturated carbocycles. The van der Waals surface area contributed by atoms with Gasteiger partial charge in [-0.1, -0.05) is 13.8 Å². The van der Waals surface area contributed by atoms with E-state index in [4.69, 9.17) is 0 Å². The fourth-order valence-corrected chi connectivity index (χ4v) is 3.93. The highest BCUT2D eigenvalue weighted by atomic mass is 32.2. The van der Waals surface area contributed by atoms with Crippen molar-refractivity contribution in [2.24, 2.45) is 0 Å². The SMILES string of the molecule is CCC(C)(OC(F)(F)C(F)(C(F)(F)F)C(C)(CC)OC(F)(F)C(F)(F)C(F)(F)F)C(F)(SC(F)(F)F)C(=O)OC. The van der Waals surface area contributed by atoms with Crippen molar-refractivity contribution in [3.63, 3.8) is 0 Å². The van der Waals surface area contributed by atoms with Crippen molar-refractivity contribution in [1.82, 2.24) is 0 Å². The first kappa shape index (κ1) is 38.5. The maximum atomic E-state index is 15.6. The number of esters is 1. The van der Waals surface area contributed by atoms with Crippen LogP contribution < -0.4 is 0 Å². The third kappa shape index (κ3) is 6.46. The molecule has 4 nitrogen and oxygen atoms in total. The topological polar surface area (TPSA) is 44.8 Å². The Kier molecular flexibility index (Phi) is 10.6. The molecule has 0 aliphatic carbocycles. The number of rotatable bonds is 12. The van der Waals surface area contributed by atoms with E-state index < -0.39 is 95.4 Å². The van der Waals surface area contributed by atoms with Gasteiger partial charge in [0, 0.05) is 11.8 Å². The number of alkyl halides is 17. The first-order chi connectivity index (χ1) is 17.2. The summed E-state index contributed by atoms with van der Waals surface area (Å²) in [6.07, 6.45) is -32.7. The number of methoxy groups -OCH3 is 1. The molecule has 0 amide bonds. The Morgan fingerprint density at radius 2 is 1.00 bits per heavy atom. The lowest BCUT2D eigenvalue weighted by atomic mass is 9.80. The van der Waals surface area contributed by atoms with E-state index in [1.54, 1.807) is 0 Å². The maximum Gasteiger partial charge on any atom is 0.462 e. The van der Waals surface area contributed by atoms with Crippen molar-refractivity contribution in [3.05, 3.63) is 0 Å². The second-order valence-corrected chi connectivity index (χ2v) is 9.50. The van der Waals surface area contributed by atoms with Crippen molar-refractivity contribution in [1.29, 1.82) is 0 Å². The van der Waals surface area contributed by atoms with Crippen molar-refractivity contribution < 1.29 is 93.6 Å². The molecule has 4 unspecified atom stereocenters. The summed E-state index contributed by atoms with van der Waals surface area (Å²) in [5.74, 6) is -10.1. The molecular formula is C18H19F17O4S. The van der Waals surface area contributed by atoms with E-state index in [1.165, 1.54) is 0 Å². The van der Waals surface area contributed by atoms with Crippen LogP contribution in [0.1, 0.15) is 40.5 Å². The minimum Gasteiger partial charge on any atom is -0.466 e. The highest BCUT2D eigenvalue weighted by Crippen LogP contribution is 2.61. The van der Waals surface area contributed by atoms with Crippen LogP contribution in [0.25, 0.3) is 0 Å². The molecule has 0 rings (SSSR count). The predicted octanol–water partition coefficient (Wildman–Crippen LogP) is 8.10. The summed E-state index contributed by atoms with van der Waals surface area (Å²) in [6.45, 7) is -0.478. The summed E-state index contributed by atoms with van der Waals surface area (Å²) in [7, 11) is 0.182. The van der Waals surface area contributed by atoms with E-state index in [9.17, 15) is 61.9 Å². The minimum atomic E-state index is -7.42. The largest absolute Gasteiger partial charge is 0.466 e. The first-order valence-corrected chi connectivity index (χ1v) is 10.9. The molecule has 0 heterocycles. The summed E-state index contributed by atoms with van der Waals surface area (Å²) in [5, 5.41) is -4.98. The summed E-state index contributed by atoms with van der Waals surface area (Å²) in [5.41, 5.74) is -22.2. The van der Waals surface area contributed by atoms with Crippen LogP contribution in [-0.2, 0) is 19.0 Å². The molecule has 240 valence electrons. The normalized spacial score (nSPS) is 20.6. The molecule has 0 saturated heterocycles. The molecule has 40 heavy (non-hydrogen) atoms. The number of ether oxygens (including phenoxy) is 3. The van der Waals surface area contributed by atoms with Crippen molar-refractivity contribution in [3.8, 4) is 0 Å². The van der Waals surface area contributed by atoms with Gasteiger partial charge in [0.25, 0.3) is 5.00 Å². The van der Waals surface area contributed by atoms with Crippen molar-refractivity contribution >= 4 is 17.7 Å². The van der Waals surface area contributed by atoms with E-state index in [-0.39, 0.29) is 21.0 Å². The van der Waals surface area contributed by atoms with E-state index >= 15 is 17.6 Å². The van der Waals surface area contributed by atoms with Gasteiger partial charge < -0.3 is 14.2 Å². The monoisotopic (exact) mass is 654 g/mol. The molecular weight excluding hydrogens is 635 g/mol. The van der Waals surface area contributed by atoms with Crippen LogP contribution in [0.4, 0.5) is 74.6 Å². The van der Waals surface area contributed by atoms with E-state index in [0.717, 1.165) is 0 Å². The number of hydrogen-bond acceptors (Lipinski definition) is 5. The smallest absolute Gasteiger partial charge is 0.462 e. The average Bonchev–Trinajstić information content (AvgIpc) is 2.73. The average molecular weight is 654 g/mol. The lowest BCUT2D eigenvalue weighted by molar-refractivity contribution is -0.489. The first-order valence-electron chi connectivity index (χ1n) is 10.1. The Hall–Kier alpha value is -1.45. The number of hydrogen-bond donors (Lipinski definition) is 0. The maximum absolute atomic E-state index is 15.6. The number of carbonyl (C=O) groups excluding carboxylic acids is 1. The molecule has 0 aliphatic heterocycles. The van der Waals surface area contributed by atoms with Crippen LogP contribution in [0.5, 0.6) is 0 Å². The molecule has 0 aromatic carbocycles. The highest BCUT2D eigenvalue weighted by molar-refractivity contribution is 8.02. The quantitative estimate of drug-likeness (QED) is 0.157. The second-order valence-electron chi connectivity index (χ2n) is 8.27. The van der Waals surface area contributed by atoms with Gasteiger partial charge in [0.15, 0.2) is 0 Å². The van der Waals surface area contributed by atoms with Crippen LogP contribution in [0.3, 0.4) is 0 Å². The molecule has 0 aromatic heterocycles. The van der Waals surface area contributed by atoms with Gasteiger partial charge in [0.1, 0.15) is 11.2 Å². The molecule has 0 fully saturated rings. The lowest BCUT2D eigenvalue weighted by Gasteiger charge is -2.50. The zero-order valence-electron chi connectivity index (χ0n) is 20.4. The van der Waals surface area contributed by atoms with Crippen molar-refractivity contribution in [2.45, 2.75) is 98.4 Å². The lowest BCUT2D eigenvalue weighted by Crippen LogP contribution is -2.74. The van der Waals surface area contributed by atoms with Crippen LogP contribution >= 0.6 is 11.8 Å². The van der Waals surface area contributed by atoms with Crippen LogP contribution in [0.15, 0.2) is 0 Å². The van der Waals surface area contributed by atoms with Crippen molar-refractivity contribution in [2.75, 3.05) is 7.11 Å². The second kappa shape index (κ2) is 11.0. The van der Waals surface area contributed by atoms with Gasteiger partial charge in [-0.2, -0.15) is 65.9 Å². The van der Waals surface area contributed by atoms with Gasteiger partial charge in [0.2, 0.25) is 0 Å². The summed E-state index contributed by atoms with van der Waals surface area (Å²) >= 11 is -2.12. The van der Waals surface area contributed by atoms with Crippen LogP contribution in [-0.4, -0.2) is 71.0 Å². The molecule has 0 radical (unpaired) electrons. The summed E-state index contributed by atoms with van der Waals surface area (Å²) < 4.78 is 243. The Bertz CT molecular complexity index is 904. The zero-order chi connectivity index (χ0) is 32.8. The summed E-state index contributed by atoms with van der Waals surface area (Å²) in [4.78, 5) is 11.8. The Morgan fingerprint density at radius 3 is 1.27 bits per heavy atom.